The van der Waals surface area contributed by atoms with E-state index in [-0.39, 0.29) is 25.2 Å². The van der Waals surface area contributed by atoms with E-state index < -0.39 is 41.8 Å². The zero-order valence-electron chi connectivity index (χ0n) is 17.6. The summed E-state index contributed by atoms with van der Waals surface area (Å²) in [5, 5.41) is 15.2. The number of carbonyl (C=O) groups excluding carboxylic acids is 3. The van der Waals surface area contributed by atoms with Crippen molar-refractivity contribution in [3.63, 3.8) is 0 Å². The Kier molecular flexibility index (Phi) is 8.14. The average Bonchev–Trinajstić information content (AvgIpc) is 3.11. The Morgan fingerprint density at radius 3 is 2.39 bits per heavy atom. The average molecular weight is 431 g/mol. The molecule has 0 aliphatic rings. The number of rotatable bonds is 11. The molecule has 8 N–H and O–H groups in total. The van der Waals surface area contributed by atoms with E-state index in [1.54, 1.807) is 20.0 Å². The molecule has 0 unspecified atom stereocenters. The summed E-state index contributed by atoms with van der Waals surface area (Å²) >= 11 is 0. The van der Waals surface area contributed by atoms with E-state index in [2.05, 4.69) is 15.6 Å². The molecular formula is C21H29N5O5. The minimum Gasteiger partial charge on any atom is -0.480 e. The number of amides is 3. The third-order valence-corrected chi connectivity index (χ3v) is 4.99. The maximum atomic E-state index is 12.7. The van der Waals surface area contributed by atoms with Gasteiger partial charge in [-0.2, -0.15) is 0 Å². The molecule has 0 aliphatic heterocycles. The van der Waals surface area contributed by atoms with Crippen LogP contribution in [0.2, 0.25) is 0 Å². The normalized spacial score (nSPS) is 14.1. The first-order chi connectivity index (χ1) is 14.6. The lowest BCUT2D eigenvalue weighted by Gasteiger charge is -2.25. The van der Waals surface area contributed by atoms with E-state index in [1.807, 2.05) is 24.3 Å². The minimum atomic E-state index is -1.29. The maximum Gasteiger partial charge on any atom is 0.326 e. The molecule has 1 heterocycles. The van der Waals surface area contributed by atoms with Crippen LogP contribution in [0.4, 0.5) is 0 Å². The van der Waals surface area contributed by atoms with Crippen LogP contribution < -0.4 is 22.1 Å². The molecular weight excluding hydrogens is 402 g/mol. The number of aromatic nitrogens is 1. The van der Waals surface area contributed by atoms with E-state index in [0.29, 0.717) is 0 Å². The first kappa shape index (κ1) is 23.9. The summed E-state index contributed by atoms with van der Waals surface area (Å²) in [5.41, 5.74) is 12.9. The quantitative estimate of drug-likeness (QED) is 0.291. The highest BCUT2D eigenvalue weighted by Gasteiger charge is 2.30. The summed E-state index contributed by atoms with van der Waals surface area (Å²) in [6.07, 6.45) is 1.72. The summed E-state index contributed by atoms with van der Waals surface area (Å²) in [6.45, 7) is 3.43. The van der Waals surface area contributed by atoms with Gasteiger partial charge in [-0.1, -0.05) is 32.0 Å². The molecule has 10 nitrogen and oxygen atoms in total. The van der Waals surface area contributed by atoms with Crippen molar-refractivity contribution in [2.75, 3.05) is 0 Å². The summed E-state index contributed by atoms with van der Waals surface area (Å²) < 4.78 is 0. The number of aliphatic carboxylic acids is 1. The van der Waals surface area contributed by atoms with Crippen molar-refractivity contribution < 1.29 is 24.3 Å². The van der Waals surface area contributed by atoms with Crippen LogP contribution >= 0.6 is 0 Å². The molecule has 3 atom stereocenters. The van der Waals surface area contributed by atoms with Gasteiger partial charge in [0.2, 0.25) is 17.7 Å². The molecule has 31 heavy (non-hydrogen) atoms. The second kappa shape index (κ2) is 10.6. The molecule has 1 aromatic carbocycles. The van der Waals surface area contributed by atoms with Gasteiger partial charge in [-0.15, -0.1) is 0 Å². The lowest BCUT2D eigenvalue weighted by molar-refractivity contribution is -0.142. The molecule has 10 heteroatoms. The molecule has 0 saturated carbocycles. The molecule has 2 rings (SSSR count). The summed E-state index contributed by atoms with van der Waals surface area (Å²) in [5.74, 6) is -3.48. The van der Waals surface area contributed by atoms with Gasteiger partial charge in [0.15, 0.2) is 0 Å². The number of benzene rings is 1. The van der Waals surface area contributed by atoms with Crippen molar-refractivity contribution in [3.8, 4) is 0 Å². The Morgan fingerprint density at radius 1 is 1.10 bits per heavy atom. The van der Waals surface area contributed by atoms with Crippen molar-refractivity contribution in [2.24, 2.45) is 17.4 Å². The molecule has 0 spiro atoms. The highest BCUT2D eigenvalue weighted by molar-refractivity contribution is 5.92. The number of nitrogens with two attached hydrogens (primary N) is 2. The predicted octanol–water partition coefficient (Wildman–Crippen LogP) is 0.0134. The Hall–Kier alpha value is -3.40. The number of carboxylic acid groups (broad SMARTS) is 1. The van der Waals surface area contributed by atoms with Gasteiger partial charge in [-0.25, -0.2) is 4.79 Å². The molecule has 168 valence electrons. The van der Waals surface area contributed by atoms with Crippen molar-refractivity contribution >= 4 is 34.6 Å². The molecule has 2 aromatic rings. The molecule has 1 aromatic heterocycles. The Balaban J connectivity index is 2.03. The highest BCUT2D eigenvalue weighted by atomic mass is 16.4. The Bertz CT molecular complexity index is 955. The molecule has 0 bridgehead atoms. The number of carboxylic acids is 1. The maximum absolute atomic E-state index is 12.7. The van der Waals surface area contributed by atoms with Crippen molar-refractivity contribution in [1.82, 2.24) is 15.6 Å². The predicted molar refractivity (Wildman–Crippen MR) is 115 cm³/mol. The lowest BCUT2D eigenvalue weighted by Crippen LogP contribution is -2.56. The molecule has 0 fully saturated rings. The third kappa shape index (κ3) is 6.54. The number of para-hydroxylation sites is 1. The van der Waals surface area contributed by atoms with E-state index in [9.17, 15) is 24.3 Å². The van der Waals surface area contributed by atoms with Crippen LogP contribution in [0.1, 0.15) is 32.3 Å². The number of primary amides is 1. The monoisotopic (exact) mass is 431 g/mol. The SMILES string of the molecule is CC(C)[C@H](NC(=O)[C@@H](N)Cc1c[nH]c2ccccc12)C(=O)N[C@@H](CCC(N)=O)C(=O)O. The first-order valence-electron chi connectivity index (χ1n) is 10.0. The molecule has 0 saturated heterocycles. The van der Waals surface area contributed by atoms with Crippen LogP contribution in [-0.4, -0.2) is 51.9 Å². The second-order valence-corrected chi connectivity index (χ2v) is 7.80. The molecule has 0 radical (unpaired) electrons. The zero-order valence-corrected chi connectivity index (χ0v) is 17.6. The van der Waals surface area contributed by atoms with Crippen LogP contribution in [0.5, 0.6) is 0 Å². The van der Waals surface area contributed by atoms with Crippen molar-refractivity contribution in [1.29, 1.82) is 0 Å². The van der Waals surface area contributed by atoms with E-state index in [4.69, 9.17) is 11.5 Å². The zero-order chi connectivity index (χ0) is 23.1. The van der Waals surface area contributed by atoms with Gasteiger partial charge in [0.25, 0.3) is 0 Å². The van der Waals surface area contributed by atoms with Crippen LogP contribution in [0.25, 0.3) is 10.9 Å². The number of nitrogens with one attached hydrogen (secondary N) is 3. The smallest absolute Gasteiger partial charge is 0.326 e. The summed E-state index contributed by atoms with van der Waals surface area (Å²) in [6, 6.07) is 4.44. The van der Waals surface area contributed by atoms with Crippen LogP contribution in [-0.2, 0) is 25.6 Å². The second-order valence-electron chi connectivity index (χ2n) is 7.80. The fourth-order valence-electron chi connectivity index (χ4n) is 3.23. The number of hydrogen-bond donors (Lipinski definition) is 6. The van der Waals surface area contributed by atoms with Gasteiger partial charge >= 0.3 is 5.97 Å². The van der Waals surface area contributed by atoms with Crippen LogP contribution in [0, 0.1) is 5.92 Å². The largest absolute Gasteiger partial charge is 0.480 e. The van der Waals surface area contributed by atoms with Gasteiger partial charge in [0.05, 0.1) is 6.04 Å². The molecule has 0 aliphatic carbocycles. The number of carbonyl (C=O) groups is 4. The highest BCUT2D eigenvalue weighted by Crippen LogP contribution is 2.19. The number of aromatic amines is 1. The summed E-state index contributed by atoms with van der Waals surface area (Å²) in [4.78, 5) is 50.7. The third-order valence-electron chi connectivity index (χ3n) is 4.99. The fraction of sp³-hybridized carbons (Fsp3) is 0.429. The van der Waals surface area contributed by atoms with Gasteiger partial charge < -0.3 is 32.2 Å². The number of hydrogen-bond acceptors (Lipinski definition) is 5. The van der Waals surface area contributed by atoms with Crippen molar-refractivity contribution in [3.05, 3.63) is 36.0 Å². The Morgan fingerprint density at radius 2 is 1.77 bits per heavy atom. The standard InChI is InChI=1S/C21H29N5O5/c1-11(2)18(20(29)25-16(21(30)31)7-8-17(23)27)26-19(28)14(22)9-12-10-24-15-6-4-3-5-13(12)15/h3-6,10-11,14,16,18,24H,7-9,22H2,1-2H3,(H2,23,27)(H,25,29)(H,26,28)(H,30,31)/t14-,16-,18-/m0/s1. The topological polar surface area (TPSA) is 180 Å². The number of fused-ring (bicyclic) bond motifs is 1. The van der Waals surface area contributed by atoms with Crippen LogP contribution in [0.3, 0.4) is 0 Å². The number of H-pyrrole nitrogens is 1. The van der Waals surface area contributed by atoms with Gasteiger partial charge in [-0.05, 0) is 30.4 Å². The molecule has 3 amide bonds. The van der Waals surface area contributed by atoms with Crippen LogP contribution in [0.15, 0.2) is 30.5 Å². The first-order valence-corrected chi connectivity index (χ1v) is 10.0. The van der Waals surface area contributed by atoms with E-state index >= 15 is 0 Å². The van der Waals surface area contributed by atoms with E-state index in [1.165, 1.54) is 0 Å². The van der Waals surface area contributed by atoms with Gasteiger partial charge in [-0.3, -0.25) is 14.4 Å². The fourth-order valence-corrected chi connectivity index (χ4v) is 3.23. The van der Waals surface area contributed by atoms with Crippen molar-refractivity contribution in [2.45, 2.75) is 51.2 Å². The van der Waals surface area contributed by atoms with E-state index in [0.717, 1.165) is 16.5 Å². The minimum absolute atomic E-state index is 0.144. The van der Waals surface area contributed by atoms with Gasteiger partial charge in [0, 0.05) is 23.5 Å². The Labute approximate surface area is 179 Å². The summed E-state index contributed by atoms with van der Waals surface area (Å²) in [7, 11) is 0. The van der Waals surface area contributed by atoms with Gasteiger partial charge in [0.1, 0.15) is 12.1 Å². The lowest BCUT2D eigenvalue weighted by atomic mass is 10.0.